The van der Waals surface area contributed by atoms with Crippen molar-refractivity contribution in [3.05, 3.63) is 0 Å². The smallest absolute Gasteiger partial charge is 0.347 e. The summed E-state index contributed by atoms with van der Waals surface area (Å²) in [6, 6.07) is -0.730. The molecular weight excluding hydrogens is 218 g/mol. The molecule has 15 heavy (non-hydrogen) atoms. The number of esters is 2. The zero-order chi connectivity index (χ0) is 11.8. The monoisotopic (exact) mass is 235 g/mol. The number of carbonyl (C=O) groups excluding carboxylic acids is 2. The average molecular weight is 235 g/mol. The fraction of sp³-hybridized carbons (Fsp3) is 0.778. The first kappa shape index (κ1) is 14.2. The van der Waals surface area contributed by atoms with Crippen LogP contribution in [0.1, 0.15) is 13.3 Å². The van der Waals surface area contributed by atoms with Gasteiger partial charge in [-0.15, -0.1) is 0 Å². The van der Waals surface area contributed by atoms with E-state index in [1.165, 1.54) is 14.0 Å². The van der Waals surface area contributed by atoms with Gasteiger partial charge in [0.05, 0.1) is 7.11 Å². The summed E-state index contributed by atoms with van der Waals surface area (Å²) in [6.45, 7) is 1.51. The minimum atomic E-state index is -0.846. The Hall–Kier alpha value is -0.750. The van der Waals surface area contributed by atoms with E-state index in [9.17, 15) is 9.59 Å². The van der Waals surface area contributed by atoms with Crippen LogP contribution < -0.4 is 5.73 Å². The van der Waals surface area contributed by atoms with E-state index >= 15 is 0 Å². The van der Waals surface area contributed by atoms with Gasteiger partial charge < -0.3 is 15.2 Å². The molecule has 0 amide bonds. The molecule has 0 bridgehead atoms. The molecule has 0 rings (SSSR count). The van der Waals surface area contributed by atoms with E-state index in [-0.39, 0.29) is 0 Å². The topological polar surface area (TPSA) is 78.6 Å². The molecule has 0 aliphatic carbocycles. The number of methoxy groups -OCH3 is 1. The number of nitrogens with two attached hydrogens (primary N) is 1. The van der Waals surface area contributed by atoms with Crippen molar-refractivity contribution in [3.8, 4) is 0 Å². The molecule has 0 aromatic heterocycles. The van der Waals surface area contributed by atoms with Gasteiger partial charge in [0.1, 0.15) is 6.04 Å². The number of thioether (sulfide) groups is 1. The van der Waals surface area contributed by atoms with E-state index < -0.39 is 24.1 Å². The van der Waals surface area contributed by atoms with Gasteiger partial charge in [0.25, 0.3) is 0 Å². The van der Waals surface area contributed by atoms with E-state index in [2.05, 4.69) is 4.74 Å². The first-order valence-corrected chi connectivity index (χ1v) is 5.95. The predicted molar refractivity (Wildman–Crippen MR) is 58.5 cm³/mol. The first-order chi connectivity index (χ1) is 7.02. The summed E-state index contributed by atoms with van der Waals surface area (Å²) < 4.78 is 9.44. The highest BCUT2D eigenvalue weighted by Crippen LogP contribution is 2.07. The molecule has 0 aromatic carbocycles. The normalized spacial score (nSPS) is 14.1. The summed E-state index contributed by atoms with van der Waals surface area (Å²) in [6.07, 6.45) is 1.49. The highest BCUT2D eigenvalue weighted by Gasteiger charge is 2.24. The first-order valence-electron chi connectivity index (χ1n) is 4.55. The lowest BCUT2D eigenvalue weighted by Crippen LogP contribution is -2.36. The zero-order valence-electron chi connectivity index (χ0n) is 9.19. The van der Waals surface area contributed by atoms with Crippen LogP contribution >= 0.6 is 11.8 Å². The van der Waals surface area contributed by atoms with Gasteiger partial charge in [-0.1, -0.05) is 0 Å². The van der Waals surface area contributed by atoms with Gasteiger partial charge in [-0.05, 0) is 18.9 Å². The van der Waals surface area contributed by atoms with Crippen molar-refractivity contribution in [2.24, 2.45) is 5.73 Å². The highest BCUT2D eigenvalue weighted by atomic mass is 32.2. The van der Waals surface area contributed by atoms with Crippen LogP contribution in [0.4, 0.5) is 0 Å². The van der Waals surface area contributed by atoms with Crippen molar-refractivity contribution in [2.45, 2.75) is 25.5 Å². The lowest BCUT2D eigenvalue weighted by atomic mass is 10.2. The van der Waals surface area contributed by atoms with E-state index in [0.717, 1.165) is 0 Å². The Morgan fingerprint density at radius 2 is 2.00 bits per heavy atom. The largest absolute Gasteiger partial charge is 0.466 e. The predicted octanol–water partition coefficient (Wildman–Crippen LogP) is 0.171. The zero-order valence-corrected chi connectivity index (χ0v) is 10.0. The molecule has 0 aliphatic heterocycles. The number of ether oxygens (including phenoxy) is 2. The van der Waals surface area contributed by atoms with Gasteiger partial charge in [-0.2, -0.15) is 11.8 Å². The van der Waals surface area contributed by atoms with Crippen LogP contribution in [0, 0.1) is 0 Å². The minimum absolute atomic E-state index is 0.437. The summed E-state index contributed by atoms with van der Waals surface area (Å²) >= 11 is 1.56. The van der Waals surface area contributed by atoms with Crippen molar-refractivity contribution < 1.29 is 19.1 Å². The van der Waals surface area contributed by atoms with E-state index in [0.29, 0.717) is 12.2 Å². The van der Waals surface area contributed by atoms with Crippen LogP contribution in [0.5, 0.6) is 0 Å². The van der Waals surface area contributed by atoms with E-state index in [1.807, 2.05) is 6.26 Å². The molecule has 88 valence electrons. The Labute approximate surface area is 93.7 Å². The number of carbonyl (C=O) groups is 2. The summed E-state index contributed by atoms with van der Waals surface area (Å²) in [5, 5.41) is 0. The van der Waals surface area contributed by atoms with Gasteiger partial charge >= 0.3 is 11.9 Å². The summed E-state index contributed by atoms with van der Waals surface area (Å²) in [7, 11) is 1.26. The molecule has 0 saturated carbocycles. The lowest BCUT2D eigenvalue weighted by molar-refractivity contribution is -0.166. The fourth-order valence-electron chi connectivity index (χ4n) is 0.829. The van der Waals surface area contributed by atoms with Crippen LogP contribution in [0.15, 0.2) is 0 Å². The summed E-state index contributed by atoms with van der Waals surface area (Å²) in [4.78, 5) is 22.4. The van der Waals surface area contributed by atoms with Crippen molar-refractivity contribution in [1.29, 1.82) is 0 Å². The van der Waals surface area contributed by atoms with E-state index in [1.54, 1.807) is 11.8 Å². The Balaban J connectivity index is 4.23. The van der Waals surface area contributed by atoms with Crippen molar-refractivity contribution in [3.63, 3.8) is 0 Å². The standard InChI is InChI=1S/C9H17NO4S/c1-6(10)8(11)14-7(4-5-15-3)9(12)13-2/h6-7H,4-5,10H2,1-3H3/t6-,7?/m0/s1. The van der Waals surface area contributed by atoms with Crippen LogP contribution in [0.25, 0.3) is 0 Å². The van der Waals surface area contributed by atoms with Gasteiger partial charge in [0.15, 0.2) is 6.10 Å². The summed E-state index contributed by atoms with van der Waals surface area (Å²) in [5.74, 6) is -0.420. The van der Waals surface area contributed by atoms with Gasteiger partial charge in [0.2, 0.25) is 0 Å². The SMILES string of the molecule is COC(=O)C(CCSC)OC(=O)[C@H](C)N. The van der Waals surface area contributed by atoms with Crippen LogP contribution in [-0.4, -0.2) is 43.2 Å². The molecule has 0 spiro atoms. The molecule has 0 radical (unpaired) electrons. The third kappa shape index (κ3) is 5.64. The average Bonchev–Trinajstić information content (AvgIpc) is 2.22. The highest BCUT2D eigenvalue weighted by molar-refractivity contribution is 7.98. The maximum atomic E-state index is 11.2. The van der Waals surface area contributed by atoms with Crippen molar-refractivity contribution in [1.82, 2.24) is 0 Å². The quantitative estimate of drug-likeness (QED) is 0.661. The minimum Gasteiger partial charge on any atom is -0.466 e. The molecule has 1 unspecified atom stereocenters. The lowest BCUT2D eigenvalue weighted by Gasteiger charge is -2.16. The Morgan fingerprint density at radius 3 is 2.40 bits per heavy atom. The number of hydrogen-bond donors (Lipinski definition) is 1. The maximum Gasteiger partial charge on any atom is 0.347 e. The van der Waals surface area contributed by atoms with E-state index in [4.69, 9.17) is 10.5 Å². The third-order valence-electron chi connectivity index (χ3n) is 1.68. The second kappa shape index (κ2) is 7.53. The molecule has 0 heterocycles. The molecule has 2 N–H and O–H groups in total. The van der Waals surface area contributed by atoms with Crippen LogP contribution in [0.3, 0.4) is 0 Å². The van der Waals surface area contributed by atoms with Crippen LogP contribution in [-0.2, 0) is 19.1 Å². The second-order valence-electron chi connectivity index (χ2n) is 3.02. The van der Waals surface area contributed by atoms with Gasteiger partial charge in [-0.25, -0.2) is 4.79 Å². The third-order valence-corrected chi connectivity index (χ3v) is 2.32. The summed E-state index contributed by atoms with van der Waals surface area (Å²) in [5.41, 5.74) is 5.32. The molecule has 0 fully saturated rings. The molecular formula is C9H17NO4S. The Morgan fingerprint density at radius 1 is 1.40 bits per heavy atom. The molecule has 5 nitrogen and oxygen atoms in total. The Bertz CT molecular complexity index is 220. The second-order valence-corrected chi connectivity index (χ2v) is 4.00. The van der Waals surface area contributed by atoms with Gasteiger partial charge in [0, 0.05) is 6.42 Å². The van der Waals surface area contributed by atoms with Crippen molar-refractivity contribution >= 4 is 23.7 Å². The van der Waals surface area contributed by atoms with Crippen LogP contribution in [0.2, 0.25) is 0 Å². The molecule has 2 atom stereocenters. The fourth-order valence-corrected chi connectivity index (χ4v) is 1.28. The van der Waals surface area contributed by atoms with Gasteiger partial charge in [-0.3, -0.25) is 4.79 Å². The molecule has 0 aliphatic rings. The molecule has 0 saturated heterocycles. The molecule has 6 heteroatoms. The maximum absolute atomic E-state index is 11.2. The number of rotatable bonds is 6. The number of hydrogen-bond acceptors (Lipinski definition) is 6. The molecule has 0 aromatic rings. The Kier molecular flexibility index (Phi) is 7.15. The van der Waals surface area contributed by atoms with Crippen molar-refractivity contribution in [2.75, 3.05) is 19.1 Å².